The largest absolute Gasteiger partial charge is 0.483 e. The van der Waals surface area contributed by atoms with Crippen LogP contribution in [0.3, 0.4) is 0 Å². The van der Waals surface area contributed by atoms with Crippen molar-refractivity contribution in [3.63, 3.8) is 0 Å². The molecule has 2 saturated heterocycles. The number of fused-ring (bicyclic) bond motifs is 2. The summed E-state index contributed by atoms with van der Waals surface area (Å²) in [6.45, 7) is 6.25. The number of rotatable bonds is 12. The third-order valence-corrected chi connectivity index (χ3v) is 13.4. The zero-order chi connectivity index (χ0) is 47.2. The summed E-state index contributed by atoms with van der Waals surface area (Å²) in [5.41, 5.74) is 14.9. The number of carbonyl (C=O) groups excluding carboxylic acids is 2. The van der Waals surface area contributed by atoms with Gasteiger partial charge in [0.2, 0.25) is 0 Å². The van der Waals surface area contributed by atoms with Gasteiger partial charge in [-0.25, -0.2) is 0 Å². The molecule has 6 aromatic rings. The summed E-state index contributed by atoms with van der Waals surface area (Å²) in [5.74, 6) is -0.0329. The molecule has 348 valence electrons. The van der Waals surface area contributed by atoms with Crippen molar-refractivity contribution in [2.75, 3.05) is 77.0 Å². The molecule has 2 aliphatic rings. The van der Waals surface area contributed by atoms with E-state index in [1.54, 1.807) is 46.2 Å². The minimum absolute atomic E-state index is 0.169. The van der Waals surface area contributed by atoms with Crippen LogP contribution in [0.25, 0.3) is 21.5 Å². The van der Waals surface area contributed by atoms with Gasteiger partial charge in [-0.15, -0.1) is 0 Å². The first-order valence-corrected chi connectivity index (χ1v) is 24.4. The molecule has 0 atom stereocenters. The number of hydrogen-bond acceptors (Lipinski definition) is 12. The van der Waals surface area contributed by atoms with Crippen LogP contribution in [-0.2, 0) is 42.9 Å². The van der Waals surface area contributed by atoms with Crippen LogP contribution in [0.1, 0.15) is 11.1 Å². The molecule has 20 heteroatoms. The number of amides is 2. The van der Waals surface area contributed by atoms with E-state index in [4.69, 9.17) is 44.1 Å². The molecule has 2 fully saturated rings. The Morgan fingerprint density at radius 2 is 0.924 bits per heavy atom. The van der Waals surface area contributed by atoms with Crippen molar-refractivity contribution in [1.29, 1.82) is 0 Å². The third kappa shape index (κ3) is 12.8. The average Bonchev–Trinajstić information content (AvgIpc) is 3.28. The van der Waals surface area contributed by atoms with Gasteiger partial charge in [0.1, 0.15) is 11.5 Å². The van der Waals surface area contributed by atoms with Gasteiger partial charge in [0.15, 0.2) is 13.2 Å². The van der Waals surface area contributed by atoms with Gasteiger partial charge >= 0.3 is 0 Å². The molecule has 0 radical (unpaired) electrons. The lowest BCUT2D eigenvalue weighted by Crippen LogP contribution is -2.49. The summed E-state index contributed by atoms with van der Waals surface area (Å²) in [6.07, 6.45) is 0. The average molecular weight is 980 g/mol. The van der Waals surface area contributed by atoms with Crippen LogP contribution >= 0.6 is 23.2 Å². The lowest BCUT2D eigenvalue weighted by molar-refractivity contribution is -0.135. The standard InChI is InChI=1S/2C23H24ClN3O5S/c24-18-4-1-16(2-5-18)14-26-7-9-27(10-8-26)23(28)15-32-22-13-20(33(29,30)31)11-17-3-6-19(25)12-21(17)22;24-18-3-1-16(2-4-18)14-26-7-9-27(10-8-26)23(28)15-32-22-13-20(33(29,30)31)12-17-11-19(25)5-6-21(17)22/h2*1-6,11-13H,7-10,14-15,25H2,(H,29,30,31). The second kappa shape index (κ2) is 20.9. The van der Waals surface area contributed by atoms with E-state index in [1.165, 1.54) is 24.3 Å². The molecule has 0 aliphatic carbocycles. The number of halogens is 2. The number of nitrogens with two attached hydrogens (primary N) is 2. The summed E-state index contributed by atoms with van der Waals surface area (Å²) >= 11 is 11.9. The second-order valence-corrected chi connectivity index (χ2v) is 19.6. The molecule has 2 amide bonds. The first kappa shape index (κ1) is 48.2. The quantitative estimate of drug-likeness (QED) is 0.0805. The zero-order valence-corrected chi connectivity index (χ0v) is 38.7. The SMILES string of the molecule is Nc1ccc2c(OCC(=O)N3CCN(Cc4ccc(Cl)cc4)CC3)cc(S(=O)(=O)O)cc2c1.Nc1ccc2cc(S(=O)(=O)O)cc(OCC(=O)N3CCN(Cc4ccc(Cl)cc4)CC3)c2c1. The van der Waals surface area contributed by atoms with Crippen LogP contribution in [0.15, 0.2) is 119 Å². The van der Waals surface area contributed by atoms with Gasteiger partial charge in [-0.1, -0.05) is 53.5 Å². The van der Waals surface area contributed by atoms with Gasteiger partial charge in [-0.05, 0) is 88.6 Å². The highest BCUT2D eigenvalue weighted by atomic mass is 35.5. The van der Waals surface area contributed by atoms with Crippen molar-refractivity contribution in [2.24, 2.45) is 0 Å². The van der Waals surface area contributed by atoms with E-state index in [2.05, 4.69) is 9.80 Å². The van der Waals surface area contributed by atoms with Gasteiger partial charge in [0, 0.05) is 110 Å². The maximum Gasteiger partial charge on any atom is 0.294 e. The van der Waals surface area contributed by atoms with E-state index in [9.17, 15) is 35.5 Å². The second-order valence-electron chi connectivity index (χ2n) is 15.9. The summed E-state index contributed by atoms with van der Waals surface area (Å²) in [7, 11) is -8.89. The maximum absolute atomic E-state index is 12.7. The third-order valence-electron chi connectivity index (χ3n) is 11.2. The number of anilines is 2. The molecule has 0 unspecified atom stereocenters. The predicted octanol–water partition coefficient (Wildman–Crippen LogP) is 6.09. The van der Waals surface area contributed by atoms with E-state index >= 15 is 0 Å². The topological polar surface area (TPSA) is 226 Å². The molecule has 0 bridgehead atoms. The molecule has 16 nitrogen and oxygen atoms in total. The molecule has 0 saturated carbocycles. The smallest absolute Gasteiger partial charge is 0.294 e. The number of hydrogen-bond donors (Lipinski definition) is 4. The molecule has 6 aromatic carbocycles. The van der Waals surface area contributed by atoms with Crippen molar-refractivity contribution in [3.8, 4) is 11.5 Å². The Hall–Kier alpha value is -5.70. The molecule has 66 heavy (non-hydrogen) atoms. The number of carbonyl (C=O) groups is 2. The Balaban J connectivity index is 0.000000196. The fraction of sp³-hybridized carbons (Fsp3) is 0.261. The minimum atomic E-state index is -4.45. The highest BCUT2D eigenvalue weighted by Gasteiger charge is 2.24. The van der Waals surface area contributed by atoms with Gasteiger partial charge in [0.25, 0.3) is 32.1 Å². The number of ether oxygens (including phenoxy) is 2. The van der Waals surface area contributed by atoms with Gasteiger partial charge in [-0.3, -0.25) is 28.5 Å². The molecule has 6 N–H and O–H groups in total. The summed E-state index contributed by atoms with van der Waals surface area (Å²) in [6, 6.07) is 30.3. The lowest BCUT2D eigenvalue weighted by Gasteiger charge is -2.34. The summed E-state index contributed by atoms with van der Waals surface area (Å²) in [4.78, 5) is 32.8. The fourth-order valence-electron chi connectivity index (χ4n) is 7.65. The molecule has 2 heterocycles. The van der Waals surface area contributed by atoms with Crippen molar-refractivity contribution in [1.82, 2.24) is 19.6 Å². The Bertz CT molecular complexity index is 2950. The number of piperazine rings is 2. The van der Waals surface area contributed by atoms with E-state index in [1.807, 2.05) is 48.5 Å². The highest BCUT2D eigenvalue weighted by molar-refractivity contribution is 7.86. The van der Waals surface area contributed by atoms with Crippen molar-refractivity contribution in [2.45, 2.75) is 22.9 Å². The van der Waals surface area contributed by atoms with Crippen LogP contribution in [0.2, 0.25) is 10.0 Å². The number of benzene rings is 6. The molecular formula is C46H48Cl2N6O10S2. The molecule has 8 rings (SSSR count). The zero-order valence-electron chi connectivity index (χ0n) is 35.6. The van der Waals surface area contributed by atoms with Crippen LogP contribution in [-0.4, -0.2) is 123 Å². The monoisotopic (exact) mass is 978 g/mol. The first-order chi connectivity index (χ1) is 31.4. The van der Waals surface area contributed by atoms with Gasteiger partial charge < -0.3 is 30.7 Å². The molecule has 0 aromatic heterocycles. The number of nitrogen functional groups attached to an aromatic ring is 2. The van der Waals surface area contributed by atoms with E-state index in [-0.39, 0.29) is 46.3 Å². The Kier molecular flexibility index (Phi) is 15.2. The van der Waals surface area contributed by atoms with E-state index in [0.717, 1.165) is 50.4 Å². The molecular weight excluding hydrogens is 932 g/mol. The van der Waals surface area contributed by atoms with Crippen molar-refractivity contribution >= 4 is 88.2 Å². The van der Waals surface area contributed by atoms with Crippen molar-refractivity contribution in [3.05, 3.63) is 130 Å². The van der Waals surface area contributed by atoms with Gasteiger partial charge in [-0.2, -0.15) is 16.8 Å². The van der Waals surface area contributed by atoms with Gasteiger partial charge in [0.05, 0.1) is 9.79 Å². The normalized spacial score (nSPS) is 15.0. The molecule has 0 spiro atoms. The first-order valence-electron chi connectivity index (χ1n) is 20.7. The van der Waals surface area contributed by atoms with Crippen LogP contribution in [0.5, 0.6) is 11.5 Å². The Labute approximate surface area is 392 Å². The van der Waals surface area contributed by atoms with Crippen LogP contribution < -0.4 is 20.9 Å². The fourth-order valence-corrected chi connectivity index (χ4v) is 8.96. The van der Waals surface area contributed by atoms with E-state index < -0.39 is 20.2 Å². The number of nitrogens with zero attached hydrogens (tertiary/aromatic N) is 4. The Morgan fingerprint density at radius 1 is 0.515 bits per heavy atom. The maximum atomic E-state index is 12.7. The summed E-state index contributed by atoms with van der Waals surface area (Å²) in [5, 5.41) is 3.57. The summed E-state index contributed by atoms with van der Waals surface area (Å²) < 4.78 is 77.0. The van der Waals surface area contributed by atoms with Crippen LogP contribution in [0, 0.1) is 0 Å². The van der Waals surface area contributed by atoms with Crippen LogP contribution in [0.4, 0.5) is 11.4 Å². The van der Waals surface area contributed by atoms with Crippen molar-refractivity contribution < 1.29 is 45.0 Å². The molecule has 2 aliphatic heterocycles. The predicted molar refractivity (Wildman–Crippen MR) is 254 cm³/mol. The minimum Gasteiger partial charge on any atom is -0.483 e. The Morgan fingerprint density at radius 3 is 1.38 bits per heavy atom. The van der Waals surface area contributed by atoms with E-state index in [0.29, 0.717) is 69.1 Å². The highest BCUT2D eigenvalue weighted by Crippen LogP contribution is 2.33. The lowest BCUT2D eigenvalue weighted by atomic mass is 10.1.